The highest BCUT2D eigenvalue weighted by Gasteiger charge is 2.45. The van der Waals surface area contributed by atoms with Crippen LogP contribution in [0.4, 0.5) is 0 Å². The van der Waals surface area contributed by atoms with Crippen molar-refractivity contribution in [2.24, 2.45) is 0 Å². The van der Waals surface area contributed by atoms with Crippen LogP contribution in [0.2, 0.25) is 0 Å². The molecule has 0 aromatic heterocycles. The van der Waals surface area contributed by atoms with E-state index in [-0.39, 0.29) is 29.3 Å². The number of rotatable bonds is 7. The number of benzene rings is 3. The maximum absolute atomic E-state index is 13.0. The zero-order valence-electron chi connectivity index (χ0n) is 17.7. The average molecular weight is 454 g/mol. The fourth-order valence-electron chi connectivity index (χ4n) is 3.97. The van der Waals surface area contributed by atoms with Gasteiger partial charge in [0.25, 0.3) is 0 Å². The summed E-state index contributed by atoms with van der Waals surface area (Å²) in [7, 11) is 0. The van der Waals surface area contributed by atoms with E-state index >= 15 is 0 Å². The molecule has 1 aliphatic heterocycles. The van der Waals surface area contributed by atoms with Crippen LogP contribution in [0, 0.1) is 0 Å². The Morgan fingerprint density at radius 3 is 2.42 bits per heavy atom. The number of aromatic hydroxyl groups is 1. The number of carbonyl (C=O) groups is 1. The fraction of sp³-hybridized carbons (Fsp3) is 0.320. The Bertz CT molecular complexity index is 1130. The fourth-order valence-corrected chi connectivity index (χ4v) is 3.97. The van der Waals surface area contributed by atoms with Crippen LogP contribution in [0.3, 0.4) is 0 Å². The van der Waals surface area contributed by atoms with Crippen molar-refractivity contribution < 1.29 is 39.8 Å². The molecule has 1 fully saturated rings. The molecule has 3 aromatic carbocycles. The van der Waals surface area contributed by atoms with Gasteiger partial charge in [-0.1, -0.05) is 48.5 Å². The maximum Gasteiger partial charge on any atom is 0.229 e. The van der Waals surface area contributed by atoms with Crippen molar-refractivity contribution >= 4 is 16.6 Å². The SMILES string of the molecule is O=C(CCc1ccc2ccccc2c1)c1c(O)cccc1O[C@@H]1O[C@H](CO)[C@@H](O)[C@H](O)[C@H]1O. The zero-order chi connectivity index (χ0) is 23.5. The number of fused-ring (bicyclic) bond motifs is 1. The molecule has 1 aliphatic rings. The lowest BCUT2D eigenvalue weighted by atomic mass is 9.98. The van der Waals surface area contributed by atoms with Gasteiger partial charge in [0.1, 0.15) is 41.5 Å². The van der Waals surface area contributed by atoms with Crippen LogP contribution in [-0.2, 0) is 11.2 Å². The van der Waals surface area contributed by atoms with Crippen molar-refractivity contribution in [1.29, 1.82) is 0 Å². The molecule has 0 radical (unpaired) electrons. The van der Waals surface area contributed by atoms with Crippen LogP contribution < -0.4 is 4.74 Å². The van der Waals surface area contributed by atoms with Crippen molar-refractivity contribution in [3.05, 3.63) is 71.8 Å². The summed E-state index contributed by atoms with van der Waals surface area (Å²) in [6, 6.07) is 18.1. The predicted octanol–water partition coefficient (Wildman–Crippen LogP) is 1.54. The monoisotopic (exact) mass is 454 g/mol. The van der Waals surface area contributed by atoms with Crippen molar-refractivity contribution in [2.75, 3.05) is 6.61 Å². The van der Waals surface area contributed by atoms with Gasteiger partial charge in [0.05, 0.1) is 6.61 Å². The number of aliphatic hydroxyl groups is 4. The lowest BCUT2D eigenvalue weighted by Crippen LogP contribution is -2.60. The summed E-state index contributed by atoms with van der Waals surface area (Å²) in [5.41, 5.74) is 0.893. The summed E-state index contributed by atoms with van der Waals surface area (Å²) in [4.78, 5) is 13.0. The van der Waals surface area contributed by atoms with Crippen LogP contribution in [0.25, 0.3) is 10.8 Å². The first-order valence-electron chi connectivity index (χ1n) is 10.7. The number of carbonyl (C=O) groups excluding carboxylic acids is 1. The summed E-state index contributed by atoms with van der Waals surface area (Å²) in [6.45, 7) is -0.609. The van der Waals surface area contributed by atoms with E-state index in [1.807, 2.05) is 42.5 Å². The normalized spacial score (nSPS) is 25.2. The first kappa shape index (κ1) is 23.2. The summed E-state index contributed by atoms with van der Waals surface area (Å²) in [5, 5.41) is 52.0. The number of phenols is 1. The van der Waals surface area contributed by atoms with Crippen molar-refractivity contribution in [3.63, 3.8) is 0 Å². The highest BCUT2D eigenvalue weighted by molar-refractivity contribution is 6.01. The Hall–Kier alpha value is -3.01. The molecular formula is C25H26O8. The zero-order valence-corrected chi connectivity index (χ0v) is 17.7. The predicted molar refractivity (Wildman–Crippen MR) is 119 cm³/mol. The maximum atomic E-state index is 13.0. The second kappa shape index (κ2) is 9.86. The van der Waals surface area contributed by atoms with Gasteiger partial charge in [0.15, 0.2) is 5.78 Å². The van der Waals surface area contributed by atoms with E-state index in [0.29, 0.717) is 6.42 Å². The lowest BCUT2D eigenvalue weighted by molar-refractivity contribution is -0.277. The standard InChI is InChI=1S/C25H26O8/c26-13-20-22(29)23(30)24(31)25(33-20)32-19-7-3-6-17(27)21(19)18(28)11-9-14-8-10-15-4-1-2-5-16(15)12-14/h1-8,10,12,20,22-27,29-31H,9,11,13H2/t20-,22-,23+,24-,25-/m1/s1. The number of ether oxygens (including phenoxy) is 2. The minimum Gasteiger partial charge on any atom is -0.507 e. The molecular weight excluding hydrogens is 428 g/mol. The van der Waals surface area contributed by atoms with E-state index in [1.54, 1.807) is 0 Å². The minimum atomic E-state index is -1.63. The molecule has 33 heavy (non-hydrogen) atoms. The van der Waals surface area contributed by atoms with Gasteiger partial charge in [0.2, 0.25) is 6.29 Å². The number of phenolic OH excluding ortho intramolecular Hbond substituents is 1. The topological polar surface area (TPSA) is 137 Å². The molecule has 5 atom stereocenters. The van der Waals surface area contributed by atoms with Gasteiger partial charge < -0.3 is 35.0 Å². The third-order valence-corrected chi connectivity index (χ3v) is 5.83. The highest BCUT2D eigenvalue weighted by atomic mass is 16.7. The largest absolute Gasteiger partial charge is 0.507 e. The molecule has 1 saturated heterocycles. The van der Waals surface area contributed by atoms with Gasteiger partial charge in [-0.15, -0.1) is 0 Å². The minimum absolute atomic E-state index is 0.0390. The third kappa shape index (κ3) is 4.85. The molecule has 1 heterocycles. The second-order valence-corrected chi connectivity index (χ2v) is 8.07. The van der Waals surface area contributed by atoms with E-state index in [1.165, 1.54) is 18.2 Å². The van der Waals surface area contributed by atoms with Crippen molar-refractivity contribution in [3.8, 4) is 11.5 Å². The molecule has 0 aliphatic carbocycles. The third-order valence-electron chi connectivity index (χ3n) is 5.83. The second-order valence-electron chi connectivity index (χ2n) is 8.07. The Kier molecular flexibility index (Phi) is 6.92. The van der Waals surface area contributed by atoms with E-state index in [0.717, 1.165) is 16.3 Å². The molecule has 4 rings (SSSR count). The molecule has 0 spiro atoms. The quantitative estimate of drug-likeness (QED) is 0.339. The van der Waals surface area contributed by atoms with E-state index in [9.17, 15) is 30.3 Å². The first-order valence-corrected chi connectivity index (χ1v) is 10.7. The Balaban J connectivity index is 1.51. The molecule has 8 nitrogen and oxygen atoms in total. The van der Waals surface area contributed by atoms with Gasteiger partial charge in [-0.2, -0.15) is 0 Å². The van der Waals surface area contributed by atoms with Gasteiger partial charge in [-0.05, 0) is 34.9 Å². The van der Waals surface area contributed by atoms with E-state index < -0.39 is 37.3 Å². The lowest BCUT2D eigenvalue weighted by Gasteiger charge is -2.39. The summed E-state index contributed by atoms with van der Waals surface area (Å²) in [6.07, 6.45) is -6.86. The molecule has 0 saturated carbocycles. The molecule has 0 bridgehead atoms. The van der Waals surface area contributed by atoms with Gasteiger partial charge in [0, 0.05) is 6.42 Å². The number of hydrogen-bond acceptors (Lipinski definition) is 8. The van der Waals surface area contributed by atoms with Gasteiger partial charge in [-0.3, -0.25) is 4.79 Å². The van der Waals surface area contributed by atoms with Crippen molar-refractivity contribution in [1.82, 2.24) is 0 Å². The van der Waals surface area contributed by atoms with Gasteiger partial charge in [-0.25, -0.2) is 0 Å². The summed E-state index contributed by atoms with van der Waals surface area (Å²) in [5.74, 6) is -0.704. The average Bonchev–Trinajstić information content (AvgIpc) is 2.82. The summed E-state index contributed by atoms with van der Waals surface area (Å²) < 4.78 is 11.0. The van der Waals surface area contributed by atoms with Crippen molar-refractivity contribution in [2.45, 2.75) is 43.5 Å². The number of aliphatic hydroxyl groups excluding tert-OH is 4. The van der Waals surface area contributed by atoms with Gasteiger partial charge >= 0.3 is 0 Å². The summed E-state index contributed by atoms with van der Waals surface area (Å²) >= 11 is 0. The van der Waals surface area contributed by atoms with E-state index in [4.69, 9.17) is 9.47 Å². The number of ketones is 1. The number of aryl methyl sites for hydroxylation is 1. The Morgan fingerprint density at radius 1 is 0.909 bits per heavy atom. The van der Waals surface area contributed by atoms with Crippen LogP contribution in [0.15, 0.2) is 60.7 Å². The highest BCUT2D eigenvalue weighted by Crippen LogP contribution is 2.32. The molecule has 8 heteroatoms. The Labute approximate surface area is 190 Å². The number of hydrogen-bond donors (Lipinski definition) is 5. The van der Waals surface area contributed by atoms with Crippen LogP contribution in [0.5, 0.6) is 11.5 Å². The number of Topliss-reactive ketones (excluding diaryl/α,β-unsaturated/α-hetero) is 1. The smallest absolute Gasteiger partial charge is 0.229 e. The molecule has 0 unspecified atom stereocenters. The van der Waals surface area contributed by atoms with E-state index in [2.05, 4.69) is 0 Å². The van der Waals surface area contributed by atoms with Crippen LogP contribution >= 0.6 is 0 Å². The Morgan fingerprint density at radius 2 is 1.67 bits per heavy atom. The van der Waals surface area contributed by atoms with Crippen LogP contribution in [-0.4, -0.2) is 68.6 Å². The molecule has 3 aromatic rings. The first-order chi connectivity index (χ1) is 15.9. The molecule has 0 amide bonds. The molecule has 174 valence electrons. The molecule has 5 N–H and O–H groups in total. The van der Waals surface area contributed by atoms with Crippen LogP contribution in [0.1, 0.15) is 22.3 Å².